The van der Waals surface area contributed by atoms with Gasteiger partial charge in [0.2, 0.25) is 0 Å². The molecule has 0 saturated heterocycles. The second-order valence-electron chi connectivity index (χ2n) is 4.81. The second-order valence-corrected chi connectivity index (χ2v) is 4.81. The summed E-state index contributed by atoms with van der Waals surface area (Å²) < 4.78 is 0. The van der Waals surface area contributed by atoms with Crippen LogP contribution in [0.4, 0.5) is 4.79 Å². The van der Waals surface area contributed by atoms with Gasteiger partial charge in [-0.1, -0.05) is 30.3 Å². The number of hydrogen-bond donors (Lipinski definition) is 3. The lowest BCUT2D eigenvalue weighted by atomic mass is 9.93. The minimum Gasteiger partial charge on any atom is -0.394 e. The maximum atomic E-state index is 11.7. The topological polar surface area (TPSA) is 61.4 Å². The third-order valence-electron chi connectivity index (χ3n) is 3.32. The standard InChI is InChI=1S/C14H20N2O2/c17-10-13(9-11-5-2-1-3-6-11)16-14(18)15-12-7-4-8-12/h1-3,5-6,12-13,17H,4,7-10H2,(H2,15,16,18). The summed E-state index contributed by atoms with van der Waals surface area (Å²) >= 11 is 0. The monoisotopic (exact) mass is 248 g/mol. The molecule has 1 atom stereocenters. The van der Waals surface area contributed by atoms with Crippen molar-refractivity contribution in [3.05, 3.63) is 35.9 Å². The number of carbonyl (C=O) groups is 1. The third-order valence-corrected chi connectivity index (χ3v) is 3.32. The van der Waals surface area contributed by atoms with Crippen molar-refractivity contribution in [1.29, 1.82) is 0 Å². The zero-order chi connectivity index (χ0) is 12.8. The first-order valence-corrected chi connectivity index (χ1v) is 6.49. The average molecular weight is 248 g/mol. The normalized spacial score (nSPS) is 16.7. The number of urea groups is 1. The zero-order valence-electron chi connectivity index (χ0n) is 10.4. The van der Waals surface area contributed by atoms with Crippen LogP contribution in [0, 0.1) is 0 Å². The molecule has 0 bridgehead atoms. The maximum Gasteiger partial charge on any atom is 0.315 e. The van der Waals surface area contributed by atoms with E-state index in [2.05, 4.69) is 10.6 Å². The molecule has 0 spiro atoms. The van der Waals surface area contributed by atoms with Crippen molar-refractivity contribution in [3.63, 3.8) is 0 Å². The van der Waals surface area contributed by atoms with Crippen LogP contribution in [0.15, 0.2) is 30.3 Å². The van der Waals surface area contributed by atoms with Gasteiger partial charge in [0.25, 0.3) is 0 Å². The van der Waals surface area contributed by atoms with Crippen LogP contribution in [-0.2, 0) is 6.42 Å². The van der Waals surface area contributed by atoms with Gasteiger partial charge in [0.1, 0.15) is 0 Å². The number of hydrogen-bond acceptors (Lipinski definition) is 2. The van der Waals surface area contributed by atoms with Crippen LogP contribution >= 0.6 is 0 Å². The van der Waals surface area contributed by atoms with Crippen molar-refractivity contribution in [1.82, 2.24) is 10.6 Å². The Morgan fingerprint density at radius 2 is 2.06 bits per heavy atom. The van der Waals surface area contributed by atoms with Gasteiger partial charge >= 0.3 is 6.03 Å². The van der Waals surface area contributed by atoms with E-state index in [1.54, 1.807) is 0 Å². The highest BCUT2D eigenvalue weighted by Crippen LogP contribution is 2.17. The predicted molar refractivity (Wildman–Crippen MR) is 70.3 cm³/mol. The van der Waals surface area contributed by atoms with E-state index in [4.69, 9.17) is 0 Å². The quantitative estimate of drug-likeness (QED) is 0.738. The summed E-state index contributed by atoms with van der Waals surface area (Å²) in [6, 6.07) is 9.77. The fourth-order valence-electron chi connectivity index (χ4n) is 2.02. The predicted octanol–water partition coefficient (Wildman–Crippen LogP) is 1.44. The molecular weight excluding hydrogens is 228 g/mol. The van der Waals surface area contributed by atoms with E-state index in [0.717, 1.165) is 18.4 Å². The van der Waals surface area contributed by atoms with Gasteiger partial charge in [-0.05, 0) is 31.2 Å². The lowest BCUT2D eigenvalue weighted by Gasteiger charge is -2.27. The summed E-state index contributed by atoms with van der Waals surface area (Å²) in [6.07, 6.45) is 3.97. The highest BCUT2D eigenvalue weighted by Gasteiger charge is 2.20. The van der Waals surface area contributed by atoms with Crippen LogP contribution in [0.3, 0.4) is 0 Å². The van der Waals surface area contributed by atoms with E-state index in [1.165, 1.54) is 6.42 Å². The number of aliphatic hydroxyl groups is 1. The highest BCUT2D eigenvalue weighted by molar-refractivity contribution is 5.74. The Balaban J connectivity index is 1.79. The first-order chi connectivity index (χ1) is 8.78. The molecule has 3 N–H and O–H groups in total. The van der Waals surface area contributed by atoms with Crippen LogP contribution < -0.4 is 10.6 Å². The van der Waals surface area contributed by atoms with Gasteiger partial charge < -0.3 is 15.7 Å². The molecule has 1 fully saturated rings. The highest BCUT2D eigenvalue weighted by atomic mass is 16.3. The van der Waals surface area contributed by atoms with Crippen LogP contribution in [0.25, 0.3) is 0 Å². The SMILES string of the molecule is O=C(NC1CCC1)NC(CO)Cc1ccccc1. The summed E-state index contributed by atoms with van der Waals surface area (Å²) in [4.78, 5) is 11.7. The van der Waals surface area contributed by atoms with Gasteiger partial charge in [0, 0.05) is 6.04 Å². The third kappa shape index (κ3) is 3.74. The summed E-state index contributed by atoms with van der Waals surface area (Å²) in [7, 11) is 0. The maximum absolute atomic E-state index is 11.7. The van der Waals surface area contributed by atoms with Crippen molar-refractivity contribution in [2.75, 3.05) is 6.61 Å². The Labute approximate surface area is 107 Å². The largest absolute Gasteiger partial charge is 0.394 e. The summed E-state index contributed by atoms with van der Waals surface area (Å²) in [5, 5.41) is 15.0. The molecule has 0 aliphatic heterocycles. The minimum absolute atomic E-state index is 0.0486. The summed E-state index contributed by atoms with van der Waals surface area (Å²) in [6.45, 7) is -0.0486. The molecule has 0 radical (unpaired) electrons. The molecule has 0 aromatic heterocycles. The molecule has 4 nitrogen and oxygen atoms in total. The lowest BCUT2D eigenvalue weighted by Crippen LogP contribution is -2.49. The fourth-order valence-corrected chi connectivity index (χ4v) is 2.02. The number of carbonyl (C=O) groups excluding carboxylic acids is 1. The Morgan fingerprint density at radius 3 is 2.61 bits per heavy atom. The first-order valence-electron chi connectivity index (χ1n) is 6.49. The molecule has 1 aromatic carbocycles. The van der Waals surface area contributed by atoms with Gasteiger partial charge in [-0.3, -0.25) is 0 Å². The van der Waals surface area contributed by atoms with Crippen LogP contribution in [0.1, 0.15) is 24.8 Å². The van der Waals surface area contributed by atoms with Gasteiger partial charge in [0.05, 0.1) is 12.6 Å². The van der Waals surface area contributed by atoms with Crippen LogP contribution in [0.2, 0.25) is 0 Å². The molecule has 4 heteroatoms. The molecule has 1 aromatic rings. The molecule has 2 rings (SSSR count). The molecule has 2 amide bonds. The van der Waals surface area contributed by atoms with E-state index >= 15 is 0 Å². The molecule has 98 valence electrons. The summed E-state index contributed by atoms with van der Waals surface area (Å²) in [5.74, 6) is 0. The van der Waals surface area contributed by atoms with Crippen molar-refractivity contribution >= 4 is 6.03 Å². The molecule has 1 unspecified atom stereocenters. The molecule has 0 heterocycles. The van der Waals surface area contributed by atoms with E-state index in [-0.39, 0.29) is 18.7 Å². The molecule has 1 aliphatic carbocycles. The van der Waals surface area contributed by atoms with Crippen molar-refractivity contribution in [3.8, 4) is 0 Å². The van der Waals surface area contributed by atoms with Gasteiger partial charge in [-0.15, -0.1) is 0 Å². The Morgan fingerprint density at radius 1 is 1.33 bits per heavy atom. The minimum atomic E-state index is -0.229. The number of rotatable bonds is 5. The van der Waals surface area contributed by atoms with Gasteiger partial charge in [0.15, 0.2) is 0 Å². The Hall–Kier alpha value is -1.55. The van der Waals surface area contributed by atoms with Crippen molar-refractivity contribution in [2.24, 2.45) is 0 Å². The van der Waals surface area contributed by atoms with Crippen molar-refractivity contribution in [2.45, 2.75) is 37.8 Å². The van der Waals surface area contributed by atoms with Gasteiger partial charge in [-0.25, -0.2) is 4.79 Å². The molecule has 1 saturated carbocycles. The number of nitrogens with one attached hydrogen (secondary N) is 2. The number of amides is 2. The van der Waals surface area contributed by atoms with Crippen molar-refractivity contribution < 1.29 is 9.90 Å². The van der Waals surface area contributed by atoms with E-state index in [0.29, 0.717) is 12.5 Å². The van der Waals surface area contributed by atoms with Crippen LogP contribution in [-0.4, -0.2) is 29.8 Å². The second kappa shape index (κ2) is 6.40. The first kappa shape index (κ1) is 12.9. The number of aliphatic hydroxyl groups excluding tert-OH is 1. The van der Waals surface area contributed by atoms with Gasteiger partial charge in [-0.2, -0.15) is 0 Å². The molecular formula is C14H20N2O2. The fraction of sp³-hybridized carbons (Fsp3) is 0.500. The van der Waals surface area contributed by atoms with Crippen LogP contribution in [0.5, 0.6) is 0 Å². The average Bonchev–Trinajstić information content (AvgIpc) is 2.34. The molecule has 1 aliphatic rings. The van der Waals surface area contributed by atoms with E-state index in [1.807, 2.05) is 30.3 Å². The summed E-state index contributed by atoms with van der Waals surface area (Å²) in [5.41, 5.74) is 1.11. The van der Waals surface area contributed by atoms with E-state index in [9.17, 15) is 9.90 Å². The Kier molecular flexibility index (Phi) is 4.59. The smallest absolute Gasteiger partial charge is 0.315 e. The zero-order valence-corrected chi connectivity index (χ0v) is 10.4. The lowest BCUT2D eigenvalue weighted by molar-refractivity contribution is 0.207. The van der Waals surface area contributed by atoms with E-state index < -0.39 is 0 Å². The number of benzene rings is 1. The molecule has 18 heavy (non-hydrogen) atoms. The Bertz CT molecular complexity index is 377.